The summed E-state index contributed by atoms with van der Waals surface area (Å²) >= 11 is 7.82. The van der Waals surface area contributed by atoms with Gasteiger partial charge >= 0.3 is 0 Å². The molecule has 1 fully saturated rings. The number of likely N-dealkylation sites (tertiary alicyclic amines) is 1. The first kappa shape index (κ1) is 18.5. The third-order valence-electron chi connectivity index (χ3n) is 4.79. The van der Waals surface area contributed by atoms with Crippen molar-refractivity contribution in [3.8, 4) is 5.69 Å². The fraction of sp³-hybridized carbons (Fsp3) is 0.333. The van der Waals surface area contributed by atoms with Crippen LogP contribution >= 0.6 is 23.4 Å². The van der Waals surface area contributed by atoms with Crippen LogP contribution in [0.1, 0.15) is 30.7 Å². The molecule has 27 heavy (non-hydrogen) atoms. The Balaban J connectivity index is 1.58. The van der Waals surface area contributed by atoms with E-state index in [1.54, 1.807) is 11.8 Å². The molecule has 0 atom stereocenters. The van der Waals surface area contributed by atoms with Gasteiger partial charge in [0.25, 0.3) is 0 Å². The zero-order chi connectivity index (χ0) is 18.5. The van der Waals surface area contributed by atoms with Crippen LogP contribution in [0.25, 0.3) is 5.69 Å². The number of thioether (sulfide) groups is 1. The zero-order valence-electron chi connectivity index (χ0n) is 15.2. The van der Waals surface area contributed by atoms with Gasteiger partial charge in [-0.2, -0.15) is 0 Å². The number of rotatable bonds is 6. The average Bonchev–Trinajstić information content (AvgIpc) is 3.10. The average molecular weight is 399 g/mol. The molecule has 0 N–H and O–H groups in total. The summed E-state index contributed by atoms with van der Waals surface area (Å²) in [5.41, 5.74) is 2.30. The van der Waals surface area contributed by atoms with Crippen LogP contribution in [0.15, 0.2) is 59.8 Å². The molecule has 4 nitrogen and oxygen atoms in total. The molecule has 3 aromatic rings. The summed E-state index contributed by atoms with van der Waals surface area (Å²) in [4.78, 5) is 2.48. The minimum absolute atomic E-state index is 0.767. The standard InChI is InChI=1S/C21H23ClN4S/c22-18-9-7-8-17(14-18)16-27-21-24-23-20(15-25-12-5-2-6-13-25)26(21)19-10-3-1-4-11-19/h1,3-4,7-11,14H,2,5-6,12-13,15-16H2. The summed E-state index contributed by atoms with van der Waals surface area (Å²) in [5.74, 6) is 1.83. The molecule has 140 valence electrons. The van der Waals surface area contributed by atoms with Crippen molar-refractivity contribution in [1.29, 1.82) is 0 Å². The fourth-order valence-electron chi connectivity index (χ4n) is 3.42. The molecule has 1 aliphatic rings. The first-order chi connectivity index (χ1) is 13.3. The zero-order valence-corrected chi connectivity index (χ0v) is 16.8. The van der Waals surface area contributed by atoms with E-state index >= 15 is 0 Å². The number of hydrogen-bond donors (Lipinski definition) is 0. The Morgan fingerprint density at radius 3 is 2.52 bits per heavy atom. The molecule has 1 aromatic heterocycles. The fourth-order valence-corrected chi connectivity index (χ4v) is 4.55. The quantitative estimate of drug-likeness (QED) is 0.534. The van der Waals surface area contributed by atoms with Crippen LogP contribution in [-0.4, -0.2) is 32.8 Å². The van der Waals surface area contributed by atoms with Crippen LogP contribution in [0.3, 0.4) is 0 Å². The lowest BCUT2D eigenvalue weighted by molar-refractivity contribution is 0.214. The highest BCUT2D eigenvalue weighted by Gasteiger charge is 2.18. The van der Waals surface area contributed by atoms with Gasteiger partial charge in [0.2, 0.25) is 0 Å². The highest BCUT2D eigenvalue weighted by atomic mass is 35.5. The largest absolute Gasteiger partial charge is 0.296 e. The Morgan fingerprint density at radius 1 is 0.926 bits per heavy atom. The van der Waals surface area contributed by atoms with Crippen molar-refractivity contribution in [2.75, 3.05) is 13.1 Å². The minimum Gasteiger partial charge on any atom is -0.296 e. The van der Waals surface area contributed by atoms with Crippen molar-refractivity contribution >= 4 is 23.4 Å². The van der Waals surface area contributed by atoms with Gasteiger partial charge in [0.15, 0.2) is 11.0 Å². The van der Waals surface area contributed by atoms with E-state index in [4.69, 9.17) is 11.6 Å². The molecule has 1 aliphatic heterocycles. The lowest BCUT2D eigenvalue weighted by Gasteiger charge is -2.26. The predicted molar refractivity (Wildman–Crippen MR) is 112 cm³/mol. The molecular weight excluding hydrogens is 376 g/mol. The van der Waals surface area contributed by atoms with E-state index in [2.05, 4.69) is 50.0 Å². The van der Waals surface area contributed by atoms with Gasteiger partial charge in [-0.15, -0.1) is 10.2 Å². The van der Waals surface area contributed by atoms with Crippen molar-refractivity contribution in [3.05, 3.63) is 71.0 Å². The van der Waals surface area contributed by atoms with E-state index in [0.29, 0.717) is 0 Å². The van der Waals surface area contributed by atoms with Gasteiger partial charge < -0.3 is 0 Å². The van der Waals surface area contributed by atoms with Crippen LogP contribution in [-0.2, 0) is 12.3 Å². The predicted octanol–water partition coefficient (Wildman–Crippen LogP) is 5.20. The van der Waals surface area contributed by atoms with Gasteiger partial charge in [0.05, 0.1) is 6.54 Å². The third kappa shape index (κ3) is 4.72. The summed E-state index contributed by atoms with van der Waals surface area (Å²) in [6, 6.07) is 18.4. The molecule has 1 saturated heterocycles. The second-order valence-corrected chi connectivity index (χ2v) is 8.20. The second kappa shape index (κ2) is 8.91. The van der Waals surface area contributed by atoms with Crippen molar-refractivity contribution in [2.24, 2.45) is 0 Å². The number of halogens is 1. The number of hydrogen-bond acceptors (Lipinski definition) is 4. The summed E-state index contributed by atoms with van der Waals surface area (Å²) < 4.78 is 2.20. The third-order valence-corrected chi connectivity index (χ3v) is 6.02. The Bertz CT molecular complexity index is 875. The lowest BCUT2D eigenvalue weighted by atomic mass is 10.1. The van der Waals surface area contributed by atoms with E-state index in [9.17, 15) is 0 Å². The smallest absolute Gasteiger partial charge is 0.196 e. The van der Waals surface area contributed by atoms with Gasteiger partial charge in [0.1, 0.15) is 0 Å². The highest BCUT2D eigenvalue weighted by molar-refractivity contribution is 7.98. The number of piperidine rings is 1. The molecule has 0 saturated carbocycles. The molecule has 2 heterocycles. The van der Waals surface area contributed by atoms with Gasteiger partial charge in [-0.25, -0.2) is 0 Å². The number of benzene rings is 2. The molecule has 0 radical (unpaired) electrons. The molecule has 2 aromatic carbocycles. The molecule has 0 aliphatic carbocycles. The van der Waals surface area contributed by atoms with E-state index in [1.807, 2.05) is 24.3 Å². The van der Waals surface area contributed by atoms with E-state index in [0.717, 1.165) is 47.1 Å². The topological polar surface area (TPSA) is 34.0 Å². The maximum Gasteiger partial charge on any atom is 0.196 e. The first-order valence-electron chi connectivity index (χ1n) is 9.39. The van der Waals surface area contributed by atoms with Gasteiger partial charge in [-0.05, 0) is 55.8 Å². The van der Waals surface area contributed by atoms with Crippen LogP contribution in [0.2, 0.25) is 5.02 Å². The van der Waals surface area contributed by atoms with Crippen LogP contribution in [0.4, 0.5) is 0 Å². The summed E-state index contributed by atoms with van der Waals surface area (Å²) in [7, 11) is 0. The number of aromatic nitrogens is 3. The number of para-hydroxylation sites is 1. The Kier molecular flexibility index (Phi) is 6.12. The molecule has 4 rings (SSSR count). The molecule has 0 spiro atoms. The maximum atomic E-state index is 6.12. The summed E-state index contributed by atoms with van der Waals surface area (Å²) in [5, 5.41) is 10.7. The highest BCUT2D eigenvalue weighted by Crippen LogP contribution is 2.27. The second-order valence-electron chi connectivity index (χ2n) is 6.83. The van der Waals surface area contributed by atoms with Crippen molar-refractivity contribution < 1.29 is 0 Å². The Hall–Kier alpha value is -1.82. The van der Waals surface area contributed by atoms with Gasteiger partial charge in [0, 0.05) is 16.5 Å². The molecule has 0 amide bonds. The Morgan fingerprint density at radius 2 is 1.74 bits per heavy atom. The Labute approximate surface area is 169 Å². The van der Waals surface area contributed by atoms with Gasteiger partial charge in [-0.3, -0.25) is 9.47 Å². The van der Waals surface area contributed by atoms with Crippen molar-refractivity contribution in [1.82, 2.24) is 19.7 Å². The SMILES string of the molecule is Clc1cccc(CSc2nnc(CN3CCCCC3)n2-c2ccccc2)c1. The van der Waals surface area contributed by atoms with E-state index in [-0.39, 0.29) is 0 Å². The maximum absolute atomic E-state index is 6.12. The van der Waals surface area contributed by atoms with E-state index in [1.165, 1.54) is 24.8 Å². The number of nitrogens with zero attached hydrogens (tertiary/aromatic N) is 4. The van der Waals surface area contributed by atoms with Gasteiger partial charge in [-0.1, -0.05) is 60.1 Å². The normalized spacial score (nSPS) is 15.1. The summed E-state index contributed by atoms with van der Waals surface area (Å²) in [6.45, 7) is 3.14. The monoisotopic (exact) mass is 398 g/mol. The van der Waals surface area contributed by atoms with Crippen molar-refractivity contribution in [3.63, 3.8) is 0 Å². The van der Waals surface area contributed by atoms with Crippen LogP contribution in [0.5, 0.6) is 0 Å². The van der Waals surface area contributed by atoms with E-state index < -0.39 is 0 Å². The first-order valence-corrected chi connectivity index (χ1v) is 10.8. The lowest BCUT2D eigenvalue weighted by Crippen LogP contribution is -2.30. The summed E-state index contributed by atoms with van der Waals surface area (Å²) in [6.07, 6.45) is 3.88. The molecular formula is C21H23ClN4S. The van der Waals surface area contributed by atoms with Crippen molar-refractivity contribution in [2.45, 2.75) is 36.7 Å². The minimum atomic E-state index is 0.767. The molecule has 0 unspecified atom stereocenters. The van der Waals surface area contributed by atoms with Crippen LogP contribution in [0, 0.1) is 0 Å². The molecule has 0 bridgehead atoms. The van der Waals surface area contributed by atoms with Crippen LogP contribution < -0.4 is 0 Å². The molecule has 6 heteroatoms.